The molecule has 0 amide bonds. The summed E-state index contributed by atoms with van der Waals surface area (Å²) in [4.78, 5) is 0. The van der Waals surface area contributed by atoms with E-state index in [-0.39, 0.29) is 0 Å². The van der Waals surface area contributed by atoms with Crippen LogP contribution in [0, 0.1) is 0 Å². The molecule has 1 saturated heterocycles. The molecule has 0 saturated carbocycles. The molecule has 3 heteroatoms. The third kappa shape index (κ3) is 2.30. The molecular weight excluding hydrogens is 116 g/mol. The van der Waals surface area contributed by atoms with Crippen molar-refractivity contribution in [2.45, 2.75) is 12.5 Å². The number of rotatable bonds is 3. The SMILES string of the molecule is NCCOC1CC[N]C1. The van der Waals surface area contributed by atoms with Crippen molar-refractivity contribution >= 4 is 0 Å². The largest absolute Gasteiger partial charge is 0.375 e. The smallest absolute Gasteiger partial charge is 0.0729 e. The summed E-state index contributed by atoms with van der Waals surface area (Å²) in [5.74, 6) is 0. The molecule has 0 spiro atoms. The van der Waals surface area contributed by atoms with E-state index in [0.717, 1.165) is 19.5 Å². The van der Waals surface area contributed by atoms with Gasteiger partial charge in [-0.05, 0) is 6.42 Å². The molecule has 1 rings (SSSR count). The van der Waals surface area contributed by atoms with Crippen LogP contribution in [0.2, 0.25) is 0 Å². The monoisotopic (exact) mass is 129 g/mol. The Balaban J connectivity index is 1.98. The minimum atomic E-state index is 0.369. The van der Waals surface area contributed by atoms with Crippen LogP contribution < -0.4 is 11.1 Å². The minimum Gasteiger partial charge on any atom is -0.375 e. The van der Waals surface area contributed by atoms with E-state index in [0.29, 0.717) is 19.3 Å². The highest BCUT2D eigenvalue weighted by Gasteiger charge is 2.14. The van der Waals surface area contributed by atoms with E-state index in [4.69, 9.17) is 10.5 Å². The number of hydrogen-bond donors (Lipinski definition) is 1. The first-order valence-electron chi connectivity index (χ1n) is 3.38. The summed E-state index contributed by atoms with van der Waals surface area (Å²) in [5.41, 5.74) is 5.25. The van der Waals surface area contributed by atoms with E-state index < -0.39 is 0 Å². The molecule has 1 radical (unpaired) electrons. The minimum absolute atomic E-state index is 0.369. The normalized spacial score (nSPS) is 27.0. The molecule has 53 valence electrons. The van der Waals surface area contributed by atoms with Crippen LogP contribution in [0.3, 0.4) is 0 Å². The van der Waals surface area contributed by atoms with E-state index in [9.17, 15) is 0 Å². The standard InChI is InChI=1S/C6H13N2O/c7-2-4-9-6-1-3-8-5-6/h6H,1-5,7H2. The summed E-state index contributed by atoms with van der Waals surface area (Å²) in [6.45, 7) is 3.14. The fourth-order valence-corrected chi connectivity index (χ4v) is 0.933. The fraction of sp³-hybridized carbons (Fsp3) is 1.00. The lowest BCUT2D eigenvalue weighted by atomic mass is 10.3. The lowest BCUT2D eigenvalue weighted by Crippen LogP contribution is -2.18. The van der Waals surface area contributed by atoms with Crippen molar-refractivity contribution in [2.24, 2.45) is 5.73 Å². The highest BCUT2D eigenvalue weighted by Crippen LogP contribution is 2.02. The van der Waals surface area contributed by atoms with Gasteiger partial charge in [-0.25, -0.2) is 5.32 Å². The van der Waals surface area contributed by atoms with Gasteiger partial charge >= 0.3 is 0 Å². The molecule has 1 unspecified atom stereocenters. The second-order valence-corrected chi connectivity index (χ2v) is 2.20. The molecule has 3 nitrogen and oxygen atoms in total. The maximum absolute atomic E-state index is 5.33. The zero-order valence-corrected chi connectivity index (χ0v) is 5.55. The molecule has 0 aromatic rings. The van der Waals surface area contributed by atoms with Crippen LogP contribution in [0.5, 0.6) is 0 Å². The Morgan fingerprint density at radius 3 is 3.11 bits per heavy atom. The van der Waals surface area contributed by atoms with Crippen LogP contribution in [-0.2, 0) is 4.74 Å². The van der Waals surface area contributed by atoms with Crippen LogP contribution in [0.1, 0.15) is 6.42 Å². The van der Waals surface area contributed by atoms with Gasteiger partial charge in [0.25, 0.3) is 0 Å². The molecular formula is C6H13N2O. The van der Waals surface area contributed by atoms with Gasteiger partial charge in [0.15, 0.2) is 0 Å². The summed E-state index contributed by atoms with van der Waals surface area (Å²) in [7, 11) is 0. The molecule has 2 N–H and O–H groups in total. The fourth-order valence-electron chi connectivity index (χ4n) is 0.933. The van der Waals surface area contributed by atoms with Gasteiger partial charge < -0.3 is 10.5 Å². The van der Waals surface area contributed by atoms with E-state index in [2.05, 4.69) is 5.32 Å². The summed E-state index contributed by atoms with van der Waals surface area (Å²) in [6.07, 6.45) is 1.45. The van der Waals surface area contributed by atoms with Crippen LogP contribution in [0.15, 0.2) is 0 Å². The summed E-state index contributed by atoms with van der Waals surface area (Å²) in [5, 5.41) is 4.15. The van der Waals surface area contributed by atoms with E-state index in [1.165, 1.54) is 0 Å². The maximum Gasteiger partial charge on any atom is 0.0729 e. The van der Waals surface area contributed by atoms with Gasteiger partial charge in [0.05, 0.1) is 12.7 Å². The quantitative estimate of drug-likeness (QED) is 0.550. The van der Waals surface area contributed by atoms with Crippen LogP contribution in [0.25, 0.3) is 0 Å². The highest BCUT2D eigenvalue weighted by atomic mass is 16.5. The molecule has 1 atom stereocenters. The van der Waals surface area contributed by atoms with Crippen LogP contribution >= 0.6 is 0 Å². The van der Waals surface area contributed by atoms with Gasteiger partial charge in [-0.3, -0.25) is 0 Å². The lowest BCUT2D eigenvalue weighted by molar-refractivity contribution is 0.0729. The zero-order chi connectivity index (χ0) is 6.53. The Bertz CT molecular complexity index is 71.5. The molecule has 1 fully saturated rings. The number of hydrogen-bond acceptors (Lipinski definition) is 2. The van der Waals surface area contributed by atoms with Crippen molar-refractivity contribution in [1.82, 2.24) is 5.32 Å². The van der Waals surface area contributed by atoms with Gasteiger partial charge in [-0.1, -0.05) is 0 Å². The van der Waals surface area contributed by atoms with E-state index >= 15 is 0 Å². The number of nitrogens with zero attached hydrogens (tertiary/aromatic N) is 1. The second kappa shape index (κ2) is 3.82. The van der Waals surface area contributed by atoms with Gasteiger partial charge in [0, 0.05) is 19.6 Å². The molecule has 1 aliphatic heterocycles. The van der Waals surface area contributed by atoms with Crippen molar-refractivity contribution in [3.05, 3.63) is 0 Å². The Labute approximate surface area is 55.6 Å². The lowest BCUT2D eigenvalue weighted by Gasteiger charge is -2.07. The molecule has 0 aliphatic carbocycles. The number of ether oxygens (including phenoxy) is 1. The molecule has 0 bridgehead atoms. The Morgan fingerprint density at radius 1 is 1.67 bits per heavy atom. The highest BCUT2D eigenvalue weighted by molar-refractivity contribution is 4.70. The zero-order valence-electron chi connectivity index (χ0n) is 5.55. The Hall–Kier alpha value is -0.120. The molecule has 9 heavy (non-hydrogen) atoms. The number of nitrogens with two attached hydrogens (primary N) is 1. The summed E-state index contributed by atoms with van der Waals surface area (Å²) >= 11 is 0. The maximum atomic E-state index is 5.33. The summed E-state index contributed by atoms with van der Waals surface area (Å²) in [6, 6.07) is 0. The third-order valence-electron chi connectivity index (χ3n) is 1.41. The average Bonchev–Trinajstić information content (AvgIpc) is 2.34. The Morgan fingerprint density at radius 2 is 2.56 bits per heavy atom. The topological polar surface area (TPSA) is 49.4 Å². The van der Waals surface area contributed by atoms with Crippen LogP contribution in [-0.4, -0.2) is 32.3 Å². The van der Waals surface area contributed by atoms with Crippen molar-refractivity contribution < 1.29 is 4.74 Å². The van der Waals surface area contributed by atoms with Crippen molar-refractivity contribution in [3.8, 4) is 0 Å². The third-order valence-corrected chi connectivity index (χ3v) is 1.41. The predicted octanol–water partition coefficient (Wildman–Crippen LogP) is -0.662. The van der Waals surface area contributed by atoms with Gasteiger partial charge in [-0.2, -0.15) is 0 Å². The first kappa shape index (κ1) is 6.99. The van der Waals surface area contributed by atoms with Gasteiger partial charge in [-0.15, -0.1) is 0 Å². The van der Waals surface area contributed by atoms with Crippen molar-refractivity contribution in [1.29, 1.82) is 0 Å². The molecule has 0 aromatic carbocycles. The van der Waals surface area contributed by atoms with Gasteiger partial charge in [0.2, 0.25) is 0 Å². The molecule has 0 aromatic heterocycles. The van der Waals surface area contributed by atoms with Gasteiger partial charge in [0.1, 0.15) is 0 Å². The Kier molecular flexibility index (Phi) is 2.97. The van der Waals surface area contributed by atoms with E-state index in [1.807, 2.05) is 0 Å². The average molecular weight is 129 g/mol. The van der Waals surface area contributed by atoms with Crippen LogP contribution in [0.4, 0.5) is 0 Å². The van der Waals surface area contributed by atoms with E-state index in [1.54, 1.807) is 0 Å². The second-order valence-electron chi connectivity index (χ2n) is 2.20. The molecule has 1 heterocycles. The van der Waals surface area contributed by atoms with Crippen molar-refractivity contribution in [2.75, 3.05) is 26.2 Å². The molecule has 1 aliphatic rings. The first-order chi connectivity index (χ1) is 4.43. The summed E-state index contributed by atoms with van der Waals surface area (Å²) < 4.78 is 5.33. The van der Waals surface area contributed by atoms with Crippen molar-refractivity contribution in [3.63, 3.8) is 0 Å². The first-order valence-corrected chi connectivity index (χ1v) is 3.38. The predicted molar refractivity (Wildman–Crippen MR) is 35.3 cm³/mol.